The highest BCUT2D eigenvalue weighted by molar-refractivity contribution is 6.42. The maximum atomic E-state index is 12.2. The molecular weight excluding hydrogens is 345 g/mol. The quantitative estimate of drug-likeness (QED) is 0.731. The highest BCUT2D eigenvalue weighted by Crippen LogP contribution is 2.23. The van der Waals surface area contributed by atoms with E-state index in [1.165, 1.54) is 0 Å². The van der Waals surface area contributed by atoms with E-state index >= 15 is 0 Å². The Morgan fingerprint density at radius 1 is 1.12 bits per heavy atom. The minimum Gasteiger partial charge on any atom is -0.497 e. The standard InChI is InChI=1S/C19H21Cl2NO2/c1-3-18(14-6-8-15(24-2)9-7-14)22-19(23)11-5-13-4-10-16(20)17(21)12-13/h4,6-10,12,18H,3,5,11H2,1-2H3,(H,22,23). The molecule has 0 radical (unpaired) electrons. The van der Waals surface area contributed by atoms with Gasteiger partial charge in [0.25, 0.3) is 0 Å². The van der Waals surface area contributed by atoms with Crippen LogP contribution in [0.3, 0.4) is 0 Å². The van der Waals surface area contributed by atoms with Crippen LogP contribution in [0.15, 0.2) is 42.5 Å². The molecule has 128 valence electrons. The van der Waals surface area contributed by atoms with Gasteiger partial charge in [0.1, 0.15) is 5.75 Å². The van der Waals surface area contributed by atoms with Crippen molar-refractivity contribution in [3.05, 3.63) is 63.6 Å². The number of benzene rings is 2. The van der Waals surface area contributed by atoms with Gasteiger partial charge in [0, 0.05) is 6.42 Å². The summed E-state index contributed by atoms with van der Waals surface area (Å²) in [6, 6.07) is 13.2. The summed E-state index contributed by atoms with van der Waals surface area (Å²) in [6.07, 6.45) is 1.86. The number of methoxy groups -OCH3 is 1. The first kappa shape index (κ1) is 18.6. The molecule has 2 rings (SSSR count). The molecule has 1 unspecified atom stereocenters. The molecule has 0 saturated carbocycles. The number of aryl methyl sites for hydroxylation is 1. The van der Waals surface area contributed by atoms with E-state index in [9.17, 15) is 4.79 Å². The molecule has 24 heavy (non-hydrogen) atoms. The second-order valence-corrected chi connectivity index (χ2v) is 6.36. The van der Waals surface area contributed by atoms with Crippen molar-refractivity contribution in [2.45, 2.75) is 32.2 Å². The van der Waals surface area contributed by atoms with Crippen LogP contribution in [-0.2, 0) is 11.2 Å². The summed E-state index contributed by atoms with van der Waals surface area (Å²) in [4.78, 5) is 12.2. The Morgan fingerprint density at radius 2 is 1.83 bits per heavy atom. The van der Waals surface area contributed by atoms with Gasteiger partial charge in [-0.1, -0.05) is 48.3 Å². The highest BCUT2D eigenvalue weighted by atomic mass is 35.5. The number of nitrogens with one attached hydrogen (secondary N) is 1. The molecule has 0 aromatic heterocycles. The zero-order valence-electron chi connectivity index (χ0n) is 13.8. The Morgan fingerprint density at radius 3 is 2.42 bits per heavy atom. The Labute approximate surface area is 152 Å². The molecule has 1 atom stereocenters. The fourth-order valence-corrected chi connectivity index (χ4v) is 2.80. The van der Waals surface area contributed by atoms with E-state index in [-0.39, 0.29) is 11.9 Å². The van der Waals surface area contributed by atoms with Crippen LogP contribution in [0.25, 0.3) is 0 Å². The molecule has 0 saturated heterocycles. The number of carbonyl (C=O) groups excluding carboxylic acids is 1. The molecule has 1 amide bonds. The average Bonchev–Trinajstić information content (AvgIpc) is 2.61. The number of carbonyl (C=O) groups is 1. The first-order valence-corrected chi connectivity index (χ1v) is 8.66. The molecule has 2 aromatic rings. The number of ether oxygens (including phenoxy) is 1. The summed E-state index contributed by atoms with van der Waals surface area (Å²) in [5, 5.41) is 4.11. The second-order valence-electron chi connectivity index (χ2n) is 5.55. The SMILES string of the molecule is CCC(NC(=O)CCc1ccc(Cl)c(Cl)c1)c1ccc(OC)cc1. The number of halogens is 2. The van der Waals surface area contributed by atoms with Gasteiger partial charge >= 0.3 is 0 Å². The van der Waals surface area contributed by atoms with Gasteiger partial charge in [-0.15, -0.1) is 0 Å². The Balaban J connectivity index is 1.92. The number of rotatable bonds is 7. The second kappa shape index (κ2) is 8.95. The van der Waals surface area contributed by atoms with Crippen LogP contribution in [0.2, 0.25) is 10.0 Å². The van der Waals surface area contributed by atoms with Crippen LogP contribution >= 0.6 is 23.2 Å². The maximum absolute atomic E-state index is 12.2. The number of hydrogen-bond acceptors (Lipinski definition) is 2. The number of hydrogen-bond donors (Lipinski definition) is 1. The Bertz CT molecular complexity index is 686. The van der Waals surface area contributed by atoms with E-state index in [2.05, 4.69) is 5.32 Å². The molecule has 1 N–H and O–H groups in total. The summed E-state index contributed by atoms with van der Waals surface area (Å²) in [7, 11) is 1.64. The predicted octanol–water partition coefficient (Wildman–Crippen LogP) is 5.20. The lowest BCUT2D eigenvalue weighted by molar-refractivity contribution is -0.121. The smallest absolute Gasteiger partial charge is 0.220 e. The van der Waals surface area contributed by atoms with Crippen LogP contribution in [-0.4, -0.2) is 13.0 Å². The fraction of sp³-hybridized carbons (Fsp3) is 0.316. The average molecular weight is 366 g/mol. The van der Waals surface area contributed by atoms with E-state index in [1.54, 1.807) is 19.2 Å². The molecular formula is C19H21Cl2NO2. The first-order chi connectivity index (χ1) is 11.5. The van der Waals surface area contributed by atoms with Gasteiger partial charge in [-0.2, -0.15) is 0 Å². The third-order valence-electron chi connectivity index (χ3n) is 3.89. The van der Waals surface area contributed by atoms with Crippen LogP contribution in [0.5, 0.6) is 5.75 Å². The first-order valence-electron chi connectivity index (χ1n) is 7.90. The Hall–Kier alpha value is -1.71. The molecule has 0 spiro atoms. The maximum Gasteiger partial charge on any atom is 0.220 e. The van der Waals surface area contributed by atoms with Gasteiger partial charge in [0.05, 0.1) is 23.2 Å². The van der Waals surface area contributed by atoms with Gasteiger partial charge in [-0.05, 0) is 48.2 Å². The molecule has 0 heterocycles. The zero-order chi connectivity index (χ0) is 17.5. The topological polar surface area (TPSA) is 38.3 Å². The molecule has 0 aliphatic carbocycles. The molecule has 0 aliphatic heterocycles. The lowest BCUT2D eigenvalue weighted by atomic mass is 10.0. The van der Waals surface area contributed by atoms with Crippen LogP contribution in [0, 0.1) is 0 Å². The van der Waals surface area contributed by atoms with Gasteiger partial charge in [-0.25, -0.2) is 0 Å². The van der Waals surface area contributed by atoms with E-state index < -0.39 is 0 Å². The van der Waals surface area contributed by atoms with E-state index in [1.807, 2.05) is 37.3 Å². The fourth-order valence-electron chi connectivity index (χ4n) is 2.48. The lowest BCUT2D eigenvalue weighted by Crippen LogP contribution is -2.28. The summed E-state index contributed by atoms with van der Waals surface area (Å²) < 4.78 is 5.16. The van der Waals surface area contributed by atoms with Crippen molar-refractivity contribution in [1.29, 1.82) is 0 Å². The van der Waals surface area contributed by atoms with Crippen molar-refractivity contribution in [1.82, 2.24) is 5.32 Å². The van der Waals surface area contributed by atoms with Crippen molar-refractivity contribution >= 4 is 29.1 Å². The van der Waals surface area contributed by atoms with E-state index in [4.69, 9.17) is 27.9 Å². The van der Waals surface area contributed by atoms with Gasteiger partial charge in [-0.3, -0.25) is 4.79 Å². The van der Waals surface area contributed by atoms with Gasteiger partial charge < -0.3 is 10.1 Å². The van der Waals surface area contributed by atoms with Crippen molar-refractivity contribution < 1.29 is 9.53 Å². The van der Waals surface area contributed by atoms with Crippen molar-refractivity contribution in [2.24, 2.45) is 0 Å². The Kier molecular flexibility index (Phi) is 6.95. The molecule has 0 aliphatic rings. The third-order valence-corrected chi connectivity index (χ3v) is 4.63. The van der Waals surface area contributed by atoms with Crippen LogP contribution in [0.4, 0.5) is 0 Å². The minimum absolute atomic E-state index is 0.00258. The van der Waals surface area contributed by atoms with Crippen molar-refractivity contribution in [2.75, 3.05) is 7.11 Å². The van der Waals surface area contributed by atoms with Crippen LogP contribution in [0.1, 0.15) is 36.9 Å². The molecule has 5 heteroatoms. The van der Waals surface area contributed by atoms with E-state index in [0.717, 1.165) is 23.3 Å². The normalized spacial score (nSPS) is 11.8. The summed E-state index contributed by atoms with van der Waals surface area (Å²) in [5.74, 6) is 0.822. The minimum atomic E-state index is -0.00258. The summed E-state index contributed by atoms with van der Waals surface area (Å²) in [5.41, 5.74) is 2.07. The zero-order valence-corrected chi connectivity index (χ0v) is 15.3. The molecule has 3 nitrogen and oxygen atoms in total. The number of amides is 1. The molecule has 2 aromatic carbocycles. The third kappa shape index (κ3) is 5.15. The van der Waals surface area contributed by atoms with Gasteiger partial charge in [0.2, 0.25) is 5.91 Å². The van der Waals surface area contributed by atoms with Gasteiger partial charge in [0.15, 0.2) is 0 Å². The lowest BCUT2D eigenvalue weighted by Gasteiger charge is -2.18. The largest absolute Gasteiger partial charge is 0.497 e. The predicted molar refractivity (Wildman–Crippen MR) is 99.0 cm³/mol. The summed E-state index contributed by atoms with van der Waals surface area (Å²) >= 11 is 11.9. The van der Waals surface area contributed by atoms with Crippen molar-refractivity contribution in [3.8, 4) is 5.75 Å². The van der Waals surface area contributed by atoms with Crippen molar-refractivity contribution in [3.63, 3.8) is 0 Å². The van der Waals surface area contributed by atoms with Crippen LogP contribution < -0.4 is 10.1 Å². The summed E-state index contributed by atoms with van der Waals surface area (Å²) in [6.45, 7) is 2.05. The van der Waals surface area contributed by atoms with E-state index in [0.29, 0.717) is 22.9 Å². The molecule has 0 bridgehead atoms. The monoisotopic (exact) mass is 365 g/mol. The highest BCUT2D eigenvalue weighted by Gasteiger charge is 2.13. The molecule has 0 fully saturated rings.